The third-order valence-corrected chi connectivity index (χ3v) is 6.38. The van der Waals surface area contributed by atoms with Crippen molar-refractivity contribution in [2.75, 3.05) is 0 Å². The van der Waals surface area contributed by atoms with Crippen molar-refractivity contribution in [2.45, 2.75) is 64.8 Å². The van der Waals surface area contributed by atoms with Crippen LogP contribution in [0.3, 0.4) is 0 Å². The van der Waals surface area contributed by atoms with Gasteiger partial charge in [-0.3, -0.25) is 0 Å². The molecule has 0 spiro atoms. The summed E-state index contributed by atoms with van der Waals surface area (Å²) >= 11 is 2.25. The van der Waals surface area contributed by atoms with E-state index in [1.165, 1.54) is 18.9 Å². The predicted molar refractivity (Wildman–Crippen MR) is 73.1 cm³/mol. The Morgan fingerprint density at radius 3 is 2.26 bits per heavy atom. The molecule has 0 bridgehead atoms. The molecule has 0 heterocycles. The van der Waals surface area contributed by atoms with Gasteiger partial charge in [0.2, 0.25) is 0 Å². The van der Waals surface area contributed by atoms with Crippen LogP contribution in [0.2, 0.25) is 19.1 Å². The van der Waals surface area contributed by atoms with Crippen molar-refractivity contribution in [1.82, 2.24) is 0 Å². The Morgan fingerprint density at radius 2 is 1.84 bits per heavy atom. The second-order valence-corrected chi connectivity index (χ2v) is 11.6. The van der Waals surface area contributed by atoms with Gasteiger partial charge in [0.05, 0.1) is 0 Å². The molecule has 0 radical (unpaired) electrons. The summed E-state index contributed by atoms with van der Waals surface area (Å²) in [6, 6.07) is 1.26. The Labute approximate surface area is 144 Å². The molecule has 1 rings (SSSR count). The second kappa shape index (κ2) is 9.07. The minimum absolute atomic E-state index is 0. The van der Waals surface area contributed by atoms with Crippen LogP contribution in [-0.2, 0) is 24.9 Å². The van der Waals surface area contributed by atoms with Crippen molar-refractivity contribution in [3.63, 3.8) is 0 Å². The van der Waals surface area contributed by atoms with Crippen LogP contribution in [0.5, 0.6) is 0 Å². The summed E-state index contributed by atoms with van der Waals surface area (Å²) in [6.07, 6.45) is 8.24. The first kappa shape index (κ1) is 22.2. The average Bonchev–Trinajstić information content (AvgIpc) is 2.47. The van der Waals surface area contributed by atoms with Crippen LogP contribution in [0.15, 0.2) is 21.6 Å². The Balaban J connectivity index is 0. The summed E-state index contributed by atoms with van der Waals surface area (Å²) in [4.78, 5) is 0. The van der Waals surface area contributed by atoms with Gasteiger partial charge in [-0.15, -0.1) is 0 Å². The first-order chi connectivity index (χ1) is 7.70. The van der Waals surface area contributed by atoms with E-state index in [-0.39, 0.29) is 30.4 Å². The second-order valence-electron chi connectivity index (χ2n) is 6.44. The van der Waals surface area contributed by atoms with Gasteiger partial charge < -0.3 is 24.8 Å². The maximum Gasteiger partial charge on any atom is -1.00 e. The zero-order chi connectivity index (χ0) is 13.1. The van der Waals surface area contributed by atoms with E-state index in [2.05, 4.69) is 66.5 Å². The van der Waals surface area contributed by atoms with E-state index in [9.17, 15) is 0 Å². The van der Waals surface area contributed by atoms with E-state index in [0.29, 0.717) is 0 Å². The molecule has 0 aliphatic heterocycles. The number of halogens is 2. The molecule has 1 aliphatic rings. The molecule has 0 aromatic rings. The molecule has 109 valence electrons. The van der Waals surface area contributed by atoms with Gasteiger partial charge >= 0.3 is 120 Å². The van der Waals surface area contributed by atoms with Crippen molar-refractivity contribution in [1.29, 1.82) is 0 Å². The fraction of sp³-hybridized carbons (Fsp3) is 0.714. The van der Waals surface area contributed by atoms with E-state index >= 15 is 0 Å². The number of rotatable bonds is 5. The first-order valence-electron chi connectivity index (χ1n) is 6.50. The molecule has 0 aromatic carbocycles. The standard InChI is InChI=1S/C14H25OSi.2ClH.Ti/c1-14(2,3)15-16(4,5)12-8-11-13-9-6-7-10-13;;;/h6,9H,7-8,11-12H2,1-5H3;2*1H;/q;;;+2/p-2. The summed E-state index contributed by atoms with van der Waals surface area (Å²) in [5.41, 5.74) is 1.57. The summed E-state index contributed by atoms with van der Waals surface area (Å²) in [5, 5.41) is 0. The zero-order valence-corrected chi connectivity index (χ0v) is 16.7. The third kappa shape index (κ3) is 9.49. The molecular formula is C14H25Cl2OSiTi. The molecule has 0 unspecified atom stereocenters. The maximum atomic E-state index is 6.22. The van der Waals surface area contributed by atoms with Gasteiger partial charge in [0, 0.05) is 0 Å². The van der Waals surface area contributed by atoms with Crippen molar-refractivity contribution in [3.8, 4) is 0 Å². The number of hydrogen-bond acceptors (Lipinski definition) is 1. The SMILES string of the molecule is CC(C)(C)O[Si](C)(C)CCCC1=[C]([Ti+2])CC=C1.[Cl-].[Cl-]. The number of allylic oxidation sites excluding steroid dienone is 4. The Bertz CT molecular complexity index is 333. The summed E-state index contributed by atoms with van der Waals surface area (Å²) in [6.45, 7) is 11.2. The number of hydrogen-bond donors (Lipinski definition) is 0. The minimum Gasteiger partial charge on any atom is -1.00 e. The molecule has 0 N–H and O–H groups in total. The fourth-order valence-electron chi connectivity index (χ4n) is 2.37. The quantitative estimate of drug-likeness (QED) is 0.549. The fourth-order valence-corrected chi connectivity index (χ4v) is 5.67. The molecule has 0 amide bonds. The molecular weight excluding hydrogens is 331 g/mol. The van der Waals surface area contributed by atoms with Gasteiger partial charge in [-0.2, -0.15) is 0 Å². The van der Waals surface area contributed by atoms with Crippen LogP contribution >= 0.6 is 0 Å². The summed E-state index contributed by atoms with van der Waals surface area (Å²) in [5.74, 6) is 0. The third-order valence-electron chi connectivity index (χ3n) is 2.84. The van der Waals surface area contributed by atoms with Crippen molar-refractivity contribution in [2.24, 2.45) is 0 Å². The summed E-state index contributed by atoms with van der Waals surface area (Å²) in [7, 11) is -1.48. The predicted octanol–water partition coefficient (Wildman–Crippen LogP) is -1.44. The van der Waals surface area contributed by atoms with Gasteiger partial charge in [-0.1, -0.05) is 0 Å². The molecule has 1 nitrogen and oxygen atoms in total. The van der Waals surface area contributed by atoms with E-state index in [4.69, 9.17) is 4.43 Å². The van der Waals surface area contributed by atoms with E-state index < -0.39 is 8.32 Å². The van der Waals surface area contributed by atoms with Gasteiger partial charge in [-0.25, -0.2) is 0 Å². The summed E-state index contributed by atoms with van der Waals surface area (Å²) < 4.78 is 7.78. The normalized spacial score (nSPS) is 15.3. The van der Waals surface area contributed by atoms with Crippen LogP contribution in [0, 0.1) is 0 Å². The largest absolute Gasteiger partial charge is 1.00 e. The molecule has 19 heavy (non-hydrogen) atoms. The smallest absolute Gasteiger partial charge is 1.00 e. The molecule has 0 saturated carbocycles. The van der Waals surface area contributed by atoms with Gasteiger partial charge in [0.15, 0.2) is 0 Å². The van der Waals surface area contributed by atoms with Crippen LogP contribution in [-0.4, -0.2) is 13.9 Å². The first-order valence-corrected chi connectivity index (χ1v) is 10.4. The zero-order valence-electron chi connectivity index (χ0n) is 12.6. The molecule has 0 aromatic heterocycles. The molecule has 5 heteroatoms. The Hall–Kier alpha value is 0.951. The van der Waals surface area contributed by atoms with Crippen molar-refractivity contribution < 1.29 is 49.7 Å². The topological polar surface area (TPSA) is 9.23 Å². The van der Waals surface area contributed by atoms with Gasteiger partial charge in [-0.05, 0) is 0 Å². The Morgan fingerprint density at radius 1 is 1.26 bits per heavy atom. The van der Waals surface area contributed by atoms with E-state index in [0.717, 1.165) is 6.42 Å². The van der Waals surface area contributed by atoms with E-state index in [1.54, 1.807) is 9.45 Å². The van der Waals surface area contributed by atoms with Crippen LogP contribution in [0.1, 0.15) is 40.0 Å². The van der Waals surface area contributed by atoms with Crippen LogP contribution in [0.4, 0.5) is 0 Å². The van der Waals surface area contributed by atoms with Gasteiger partial charge in [0.25, 0.3) is 0 Å². The van der Waals surface area contributed by atoms with E-state index in [1.807, 2.05) is 0 Å². The molecule has 0 atom stereocenters. The monoisotopic (exact) mass is 355 g/mol. The Kier molecular flexibility index (Phi) is 10.6. The van der Waals surface area contributed by atoms with Crippen LogP contribution in [0.25, 0.3) is 0 Å². The van der Waals surface area contributed by atoms with Crippen molar-refractivity contribution in [3.05, 3.63) is 21.6 Å². The maximum absolute atomic E-state index is 6.22. The molecule has 0 fully saturated rings. The van der Waals surface area contributed by atoms with Gasteiger partial charge in [0.1, 0.15) is 0 Å². The average molecular weight is 356 g/mol. The van der Waals surface area contributed by atoms with Crippen molar-refractivity contribution >= 4 is 8.32 Å². The molecule has 1 aliphatic carbocycles. The minimum atomic E-state index is -1.48. The molecule has 0 saturated heterocycles. The van der Waals surface area contributed by atoms with Crippen LogP contribution < -0.4 is 24.8 Å².